The number of anilines is 1. The third kappa shape index (κ3) is 9.36. The van der Waals surface area contributed by atoms with E-state index >= 15 is 0 Å². The van der Waals surface area contributed by atoms with Crippen LogP contribution in [0.1, 0.15) is 59.4 Å². The third-order valence-electron chi connectivity index (χ3n) is 10.3. The number of halogens is 5. The van der Waals surface area contributed by atoms with Crippen LogP contribution in [-0.4, -0.2) is 70.8 Å². The summed E-state index contributed by atoms with van der Waals surface area (Å²) in [5, 5.41) is 17.2. The van der Waals surface area contributed by atoms with Gasteiger partial charge in [-0.1, -0.05) is 30.3 Å². The number of benzene rings is 3. The molecule has 1 saturated carbocycles. The van der Waals surface area contributed by atoms with E-state index in [0.717, 1.165) is 54.6 Å². The van der Waals surface area contributed by atoms with Gasteiger partial charge in [0.2, 0.25) is 17.6 Å². The normalized spacial score (nSPS) is 19.4. The van der Waals surface area contributed by atoms with Crippen molar-refractivity contribution in [1.82, 2.24) is 31.1 Å². The summed E-state index contributed by atoms with van der Waals surface area (Å²) in [4.78, 5) is 43.3. The van der Waals surface area contributed by atoms with Gasteiger partial charge in [0.15, 0.2) is 5.82 Å². The second-order valence-electron chi connectivity index (χ2n) is 14.3. The average Bonchev–Trinajstić information content (AvgIpc) is 3.88. The van der Waals surface area contributed by atoms with Gasteiger partial charge in [0.05, 0.1) is 0 Å². The van der Waals surface area contributed by atoms with Crippen LogP contribution in [0, 0.1) is 18.8 Å². The van der Waals surface area contributed by atoms with Crippen molar-refractivity contribution < 1.29 is 36.3 Å². The lowest BCUT2D eigenvalue weighted by Crippen LogP contribution is -2.48. The minimum atomic E-state index is -5.86. The highest BCUT2D eigenvalue weighted by Crippen LogP contribution is 2.42. The smallest absolute Gasteiger partial charge is 0.348 e. The lowest BCUT2D eigenvalue weighted by molar-refractivity contribution is -0.292. The van der Waals surface area contributed by atoms with Crippen LogP contribution in [0.2, 0.25) is 0 Å². The molecule has 1 aliphatic carbocycles. The summed E-state index contributed by atoms with van der Waals surface area (Å²) in [5.74, 6) is -8.03. The highest BCUT2D eigenvalue weighted by molar-refractivity contribution is 5.98. The Morgan fingerprint density at radius 2 is 1.60 bits per heavy atom. The van der Waals surface area contributed by atoms with E-state index in [1.54, 1.807) is 6.07 Å². The number of hydrogen-bond donors (Lipinski definition) is 6. The van der Waals surface area contributed by atoms with Gasteiger partial charge < -0.3 is 27.0 Å². The summed E-state index contributed by atoms with van der Waals surface area (Å²) in [6.45, 7) is 4.13. The Labute approximate surface area is 314 Å². The van der Waals surface area contributed by atoms with Gasteiger partial charge >= 0.3 is 12.1 Å². The third-order valence-corrected chi connectivity index (χ3v) is 10.3. The molecular weight excluding hydrogens is 723 g/mol. The first kappa shape index (κ1) is 39.5. The van der Waals surface area contributed by atoms with Crippen LogP contribution in [0.3, 0.4) is 0 Å². The maximum absolute atomic E-state index is 13.7. The number of alkyl halides is 5. The number of amides is 3. The Morgan fingerprint density at radius 1 is 0.909 bits per heavy atom. The van der Waals surface area contributed by atoms with Gasteiger partial charge in [0.1, 0.15) is 6.04 Å². The first-order valence-electron chi connectivity index (χ1n) is 18.2. The van der Waals surface area contributed by atoms with Crippen LogP contribution in [-0.2, 0) is 21.9 Å². The molecule has 1 aromatic heterocycles. The molecule has 16 heteroatoms. The van der Waals surface area contributed by atoms with E-state index < -0.39 is 29.9 Å². The second kappa shape index (κ2) is 16.7. The van der Waals surface area contributed by atoms with Gasteiger partial charge in [-0.05, 0) is 117 Å². The van der Waals surface area contributed by atoms with Crippen molar-refractivity contribution in [3.8, 4) is 22.5 Å². The van der Waals surface area contributed by atoms with Crippen LogP contribution >= 0.6 is 0 Å². The Bertz CT molecular complexity index is 1970. The number of H-pyrrole nitrogens is 1. The van der Waals surface area contributed by atoms with Crippen LogP contribution in [0.25, 0.3) is 22.5 Å². The number of aromatic nitrogens is 3. The molecule has 1 unspecified atom stereocenters. The van der Waals surface area contributed by atoms with Crippen LogP contribution in [0.15, 0.2) is 66.7 Å². The minimum Gasteiger partial charge on any atom is -0.348 e. The molecule has 7 N–H and O–H groups in total. The molecule has 3 aromatic carbocycles. The summed E-state index contributed by atoms with van der Waals surface area (Å²) in [7, 11) is 0. The Morgan fingerprint density at radius 3 is 2.22 bits per heavy atom. The molecule has 0 bridgehead atoms. The first-order valence-corrected chi connectivity index (χ1v) is 18.2. The maximum Gasteiger partial charge on any atom is 0.461 e. The molecule has 0 radical (unpaired) electrons. The SMILES string of the molecule is Cc1cc(C(=O)N[C@@H]2CCNC2)ccc1-c1ccc(CC(NC(=O)[C@H]2CC[C@H](CN)CC2)C(=O)Nc2ccc(-c3nc(C(F)(F)C(F)(F)F)n[nH]3)cc2)cc1. The predicted molar refractivity (Wildman–Crippen MR) is 196 cm³/mol. The minimum absolute atomic E-state index is 0.110. The number of aromatic amines is 1. The Balaban J connectivity index is 1.15. The van der Waals surface area contributed by atoms with E-state index in [-0.39, 0.29) is 41.6 Å². The van der Waals surface area contributed by atoms with Crippen molar-refractivity contribution in [2.75, 3.05) is 25.0 Å². The van der Waals surface area contributed by atoms with Crippen molar-refractivity contribution >= 4 is 23.4 Å². The number of aryl methyl sites for hydroxylation is 1. The molecule has 11 nitrogen and oxygen atoms in total. The number of hydrogen-bond acceptors (Lipinski definition) is 7. The summed E-state index contributed by atoms with van der Waals surface area (Å²) < 4.78 is 65.8. The molecule has 55 heavy (non-hydrogen) atoms. The monoisotopic (exact) mass is 766 g/mol. The van der Waals surface area contributed by atoms with Crippen molar-refractivity contribution in [1.29, 1.82) is 0 Å². The predicted octanol–water partition coefficient (Wildman–Crippen LogP) is 5.62. The maximum atomic E-state index is 13.7. The van der Waals surface area contributed by atoms with Gasteiger partial charge in [0, 0.05) is 41.7 Å². The van der Waals surface area contributed by atoms with Crippen molar-refractivity contribution in [2.45, 2.75) is 69.6 Å². The highest BCUT2D eigenvalue weighted by atomic mass is 19.4. The van der Waals surface area contributed by atoms with Crippen molar-refractivity contribution in [2.24, 2.45) is 17.6 Å². The van der Waals surface area contributed by atoms with Gasteiger partial charge in [0.25, 0.3) is 5.91 Å². The van der Waals surface area contributed by atoms with Gasteiger partial charge in [-0.15, -0.1) is 0 Å². The number of nitrogens with zero attached hydrogens (tertiary/aromatic N) is 2. The molecule has 3 amide bonds. The summed E-state index contributed by atoms with van der Waals surface area (Å²) >= 11 is 0. The summed E-state index contributed by atoms with van der Waals surface area (Å²) in [6.07, 6.45) is -1.84. The van der Waals surface area contributed by atoms with E-state index in [4.69, 9.17) is 5.73 Å². The molecule has 4 aromatic rings. The Hall–Kier alpha value is -5.22. The molecular formula is C39H43F5N8O3. The lowest BCUT2D eigenvalue weighted by Gasteiger charge is -2.28. The van der Waals surface area contributed by atoms with Gasteiger partial charge in [-0.25, -0.2) is 4.98 Å². The van der Waals surface area contributed by atoms with E-state index in [0.29, 0.717) is 36.6 Å². The average molecular weight is 767 g/mol. The fourth-order valence-corrected chi connectivity index (χ4v) is 6.99. The zero-order valence-electron chi connectivity index (χ0n) is 30.1. The second-order valence-corrected chi connectivity index (χ2v) is 14.3. The number of carbonyl (C=O) groups excluding carboxylic acids is 3. The fourth-order valence-electron chi connectivity index (χ4n) is 6.99. The molecule has 6 rings (SSSR count). The quantitative estimate of drug-likeness (QED) is 0.102. The number of nitrogens with one attached hydrogen (secondary N) is 5. The van der Waals surface area contributed by atoms with E-state index in [2.05, 4.69) is 36.4 Å². The first-order chi connectivity index (χ1) is 26.2. The lowest BCUT2D eigenvalue weighted by atomic mass is 9.81. The summed E-state index contributed by atoms with van der Waals surface area (Å²) in [6, 6.07) is 17.9. The molecule has 0 spiro atoms. The highest BCUT2D eigenvalue weighted by Gasteiger charge is 2.61. The summed E-state index contributed by atoms with van der Waals surface area (Å²) in [5.41, 5.74) is 10.4. The standard InChI is InChI=1S/C39H43F5N8O3/c1-22-18-28(35(54)48-30-16-17-46-21-30)12-15-31(22)25-6-2-23(3-7-25)19-32(49-34(53)27-8-4-24(20-45)5-9-27)36(55)47-29-13-10-26(11-14-29)33-50-37(52-51-33)38(40,41)39(42,43)44/h2-3,6-7,10-15,18,24,27,30,32,46H,4-5,8-9,16-17,19-21,45H2,1H3,(H,47,55)(H,48,54)(H,49,53)(H,50,51,52)/t24-,27-,30-,32?/m1/s1. The van der Waals surface area contributed by atoms with Gasteiger partial charge in [-0.2, -0.15) is 27.1 Å². The zero-order valence-corrected chi connectivity index (χ0v) is 30.1. The molecule has 292 valence electrons. The van der Waals surface area contributed by atoms with Crippen LogP contribution in [0.5, 0.6) is 0 Å². The topological polar surface area (TPSA) is 167 Å². The number of carbonyl (C=O) groups is 3. The molecule has 2 heterocycles. The van der Waals surface area contributed by atoms with Crippen molar-refractivity contribution in [3.63, 3.8) is 0 Å². The zero-order chi connectivity index (χ0) is 39.3. The van der Waals surface area contributed by atoms with E-state index in [9.17, 15) is 36.3 Å². The fraction of sp³-hybridized carbons (Fsp3) is 0.410. The van der Waals surface area contributed by atoms with E-state index in [1.807, 2.05) is 43.3 Å². The van der Waals surface area contributed by atoms with Crippen LogP contribution < -0.4 is 27.0 Å². The number of rotatable bonds is 12. The van der Waals surface area contributed by atoms with E-state index in [1.165, 1.54) is 24.3 Å². The number of nitrogens with two attached hydrogens (primary N) is 1. The molecule has 1 saturated heterocycles. The molecule has 2 aliphatic rings. The van der Waals surface area contributed by atoms with Crippen molar-refractivity contribution in [3.05, 3.63) is 89.2 Å². The molecule has 1 aliphatic heterocycles. The molecule has 2 atom stereocenters. The molecule has 2 fully saturated rings. The van der Waals surface area contributed by atoms with Gasteiger partial charge in [-0.3, -0.25) is 19.5 Å². The largest absolute Gasteiger partial charge is 0.461 e. The Kier molecular flexibility index (Phi) is 12.0. The van der Waals surface area contributed by atoms with Crippen LogP contribution in [0.4, 0.5) is 27.6 Å².